The van der Waals surface area contributed by atoms with Crippen LogP contribution in [0.25, 0.3) is 0 Å². The number of likely N-dealkylation sites (N-methyl/N-ethyl adjacent to an activating group) is 1. The van der Waals surface area contributed by atoms with E-state index in [0.29, 0.717) is 13.2 Å². The molecular formula is C15H23NO3. The van der Waals surface area contributed by atoms with Crippen LogP contribution in [0.3, 0.4) is 0 Å². The van der Waals surface area contributed by atoms with Gasteiger partial charge in [0.15, 0.2) is 0 Å². The Morgan fingerprint density at radius 2 is 2.11 bits per heavy atom. The molecule has 0 aliphatic heterocycles. The van der Waals surface area contributed by atoms with E-state index >= 15 is 0 Å². The summed E-state index contributed by atoms with van der Waals surface area (Å²) in [7, 11) is 3.59. The molecule has 0 N–H and O–H groups in total. The van der Waals surface area contributed by atoms with Crippen molar-refractivity contribution in [2.45, 2.75) is 20.3 Å². The first kappa shape index (κ1) is 15.5. The predicted octanol–water partition coefficient (Wildman–Crippen LogP) is 2.04. The molecule has 0 aliphatic rings. The van der Waals surface area contributed by atoms with Crippen molar-refractivity contribution in [1.82, 2.24) is 4.90 Å². The summed E-state index contributed by atoms with van der Waals surface area (Å²) < 4.78 is 10.3. The van der Waals surface area contributed by atoms with Crippen LogP contribution in [0.5, 0.6) is 5.75 Å². The lowest BCUT2D eigenvalue weighted by Crippen LogP contribution is -2.29. The van der Waals surface area contributed by atoms with Crippen LogP contribution in [0, 0.1) is 6.92 Å². The molecule has 0 saturated carbocycles. The lowest BCUT2D eigenvalue weighted by atomic mass is 10.1. The van der Waals surface area contributed by atoms with E-state index in [-0.39, 0.29) is 5.97 Å². The molecule has 1 aromatic rings. The van der Waals surface area contributed by atoms with E-state index in [1.165, 1.54) is 11.1 Å². The van der Waals surface area contributed by atoms with Crippen molar-refractivity contribution in [2.24, 2.45) is 0 Å². The second kappa shape index (κ2) is 7.79. The highest BCUT2D eigenvalue weighted by atomic mass is 16.5. The molecule has 4 heteroatoms. The molecule has 0 spiro atoms. The van der Waals surface area contributed by atoms with Crippen molar-refractivity contribution in [1.29, 1.82) is 0 Å². The highest BCUT2D eigenvalue weighted by molar-refractivity contribution is 5.71. The van der Waals surface area contributed by atoms with Gasteiger partial charge in [-0.15, -0.1) is 0 Å². The summed E-state index contributed by atoms with van der Waals surface area (Å²) in [6, 6.07) is 6.14. The van der Waals surface area contributed by atoms with E-state index in [2.05, 4.69) is 13.0 Å². The minimum Gasteiger partial charge on any atom is -0.496 e. The van der Waals surface area contributed by atoms with Crippen LogP contribution in [0.1, 0.15) is 18.1 Å². The average molecular weight is 265 g/mol. The zero-order valence-electron chi connectivity index (χ0n) is 12.2. The van der Waals surface area contributed by atoms with Gasteiger partial charge < -0.3 is 9.47 Å². The largest absolute Gasteiger partial charge is 0.496 e. The predicted molar refractivity (Wildman–Crippen MR) is 75.6 cm³/mol. The fourth-order valence-corrected chi connectivity index (χ4v) is 1.92. The van der Waals surface area contributed by atoms with Gasteiger partial charge in [-0.2, -0.15) is 0 Å². The van der Waals surface area contributed by atoms with Gasteiger partial charge >= 0.3 is 5.97 Å². The first-order chi connectivity index (χ1) is 9.06. The Balaban J connectivity index is 2.52. The zero-order valence-corrected chi connectivity index (χ0v) is 12.2. The Hall–Kier alpha value is -1.55. The van der Waals surface area contributed by atoms with Gasteiger partial charge in [0.2, 0.25) is 0 Å². The molecule has 0 saturated heterocycles. The first-order valence-electron chi connectivity index (χ1n) is 6.54. The number of hydrogen-bond acceptors (Lipinski definition) is 4. The summed E-state index contributed by atoms with van der Waals surface area (Å²) in [6.07, 6.45) is 0.848. The van der Waals surface area contributed by atoms with Gasteiger partial charge in [0.05, 0.1) is 20.3 Å². The molecule has 0 unspecified atom stereocenters. The van der Waals surface area contributed by atoms with Crippen LogP contribution in [0.2, 0.25) is 0 Å². The molecule has 0 radical (unpaired) electrons. The maximum Gasteiger partial charge on any atom is 0.320 e. The van der Waals surface area contributed by atoms with Gasteiger partial charge in [0.25, 0.3) is 0 Å². The SMILES string of the molecule is CCOC(=O)CN(C)CCc1cc(C)ccc1OC. The molecule has 0 aliphatic carbocycles. The quantitative estimate of drug-likeness (QED) is 0.707. The first-order valence-corrected chi connectivity index (χ1v) is 6.54. The molecule has 1 aromatic carbocycles. The Morgan fingerprint density at radius 3 is 2.74 bits per heavy atom. The van der Waals surface area contributed by atoms with Crippen LogP contribution in [0.15, 0.2) is 18.2 Å². The van der Waals surface area contributed by atoms with Crippen molar-refractivity contribution in [2.75, 3.05) is 33.9 Å². The number of carbonyl (C=O) groups excluding carboxylic acids is 1. The van der Waals surface area contributed by atoms with Crippen LogP contribution in [0.4, 0.5) is 0 Å². The standard InChI is InChI=1S/C15H23NO3/c1-5-19-15(17)11-16(3)9-8-13-10-12(2)6-7-14(13)18-4/h6-7,10H,5,8-9,11H2,1-4H3. The minimum atomic E-state index is -0.179. The number of carbonyl (C=O) groups is 1. The monoisotopic (exact) mass is 265 g/mol. The molecule has 0 atom stereocenters. The van der Waals surface area contributed by atoms with E-state index in [4.69, 9.17) is 9.47 Å². The van der Waals surface area contributed by atoms with Crippen molar-refractivity contribution >= 4 is 5.97 Å². The maximum absolute atomic E-state index is 11.4. The Bertz CT molecular complexity index is 418. The van der Waals surface area contributed by atoms with Gasteiger partial charge in [-0.05, 0) is 38.9 Å². The highest BCUT2D eigenvalue weighted by Gasteiger charge is 2.09. The summed E-state index contributed by atoms with van der Waals surface area (Å²) in [4.78, 5) is 13.3. The van der Waals surface area contributed by atoms with E-state index in [1.54, 1.807) is 7.11 Å². The van der Waals surface area contributed by atoms with Crippen LogP contribution < -0.4 is 4.74 Å². The van der Waals surface area contributed by atoms with Gasteiger partial charge in [0.1, 0.15) is 5.75 Å². The number of nitrogens with zero attached hydrogens (tertiary/aromatic N) is 1. The summed E-state index contributed by atoms with van der Waals surface area (Å²) in [5.74, 6) is 0.719. The van der Waals surface area contributed by atoms with E-state index in [9.17, 15) is 4.79 Å². The number of benzene rings is 1. The molecule has 0 heterocycles. The summed E-state index contributed by atoms with van der Waals surface area (Å²) in [5, 5.41) is 0. The van der Waals surface area contributed by atoms with Crippen molar-refractivity contribution in [3.63, 3.8) is 0 Å². The zero-order chi connectivity index (χ0) is 14.3. The molecule has 4 nitrogen and oxygen atoms in total. The van der Waals surface area contributed by atoms with Gasteiger partial charge in [-0.3, -0.25) is 9.69 Å². The number of rotatable bonds is 7. The van der Waals surface area contributed by atoms with Crippen LogP contribution in [-0.4, -0.2) is 44.7 Å². The molecule has 0 aromatic heterocycles. The van der Waals surface area contributed by atoms with Crippen LogP contribution >= 0.6 is 0 Å². The Labute approximate surface area is 115 Å². The van der Waals surface area contributed by atoms with Crippen molar-refractivity contribution in [3.05, 3.63) is 29.3 Å². The van der Waals surface area contributed by atoms with Gasteiger partial charge in [-0.25, -0.2) is 0 Å². The maximum atomic E-state index is 11.4. The molecule has 106 valence electrons. The third-order valence-electron chi connectivity index (χ3n) is 2.90. The Kier molecular flexibility index (Phi) is 6.36. The van der Waals surface area contributed by atoms with E-state index in [1.807, 2.05) is 31.0 Å². The minimum absolute atomic E-state index is 0.179. The van der Waals surface area contributed by atoms with Gasteiger partial charge in [-0.1, -0.05) is 17.7 Å². The lowest BCUT2D eigenvalue weighted by molar-refractivity contribution is -0.144. The smallest absolute Gasteiger partial charge is 0.320 e. The topological polar surface area (TPSA) is 38.8 Å². The number of ether oxygens (including phenoxy) is 2. The third-order valence-corrected chi connectivity index (χ3v) is 2.90. The van der Waals surface area contributed by atoms with E-state index < -0.39 is 0 Å². The molecule has 19 heavy (non-hydrogen) atoms. The summed E-state index contributed by atoms with van der Waals surface area (Å²) >= 11 is 0. The average Bonchev–Trinajstić information content (AvgIpc) is 2.36. The summed E-state index contributed by atoms with van der Waals surface area (Å²) in [5.41, 5.74) is 2.38. The second-order valence-corrected chi connectivity index (χ2v) is 4.61. The lowest BCUT2D eigenvalue weighted by Gasteiger charge is -2.16. The number of esters is 1. The molecule has 0 fully saturated rings. The normalized spacial score (nSPS) is 10.6. The summed E-state index contributed by atoms with van der Waals surface area (Å²) in [6.45, 7) is 5.42. The third kappa shape index (κ3) is 5.30. The number of hydrogen-bond donors (Lipinski definition) is 0. The number of methoxy groups -OCH3 is 1. The Morgan fingerprint density at radius 1 is 1.37 bits per heavy atom. The van der Waals surface area contributed by atoms with Crippen molar-refractivity contribution < 1.29 is 14.3 Å². The molecule has 0 bridgehead atoms. The fraction of sp³-hybridized carbons (Fsp3) is 0.533. The van der Waals surface area contributed by atoms with Gasteiger partial charge in [0, 0.05) is 6.54 Å². The molecule has 0 amide bonds. The second-order valence-electron chi connectivity index (χ2n) is 4.61. The number of aryl methyl sites for hydroxylation is 1. The molecular weight excluding hydrogens is 242 g/mol. The molecule has 1 rings (SSSR count). The van der Waals surface area contributed by atoms with Crippen LogP contribution in [-0.2, 0) is 16.0 Å². The highest BCUT2D eigenvalue weighted by Crippen LogP contribution is 2.20. The fourth-order valence-electron chi connectivity index (χ4n) is 1.92. The van der Waals surface area contributed by atoms with E-state index in [0.717, 1.165) is 18.7 Å². The van der Waals surface area contributed by atoms with Crippen molar-refractivity contribution in [3.8, 4) is 5.75 Å².